The zero-order valence-corrected chi connectivity index (χ0v) is 19.9. The van der Waals surface area contributed by atoms with Crippen molar-refractivity contribution in [1.82, 2.24) is 0 Å². The second-order valence-electron chi connectivity index (χ2n) is 6.22. The molecule has 2 aromatic carbocycles. The van der Waals surface area contributed by atoms with Crippen LogP contribution in [0.15, 0.2) is 69.0 Å². The van der Waals surface area contributed by atoms with Crippen LogP contribution in [0.1, 0.15) is 11.3 Å². The average molecular weight is 459 g/mol. The number of nitrogens with two attached hydrogens (primary N) is 1. The molecule has 0 fully saturated rings. The van der Waals surface area contributed by atoms with Crippen molar-refractivity contribution in [3.8, 4) is 0 Å². The summed E-state index contributed by atoms with van der Waals surface area (Å²) in [5.74, 6) is 0.489. The first-order valence-electron chi connectivity index (χ1n) is 8.31. The molecule has 0 atom stereocenters. The third-order valence-electron chi connectivity index (χ3n) is 4.11. The summed E-state index contributed by atoms with van der Waals surface area (Å²) < 4.78 is 64.5. The van der Waals surface area contributed by atoms with E-state index >= 15 is 0 Å². The molecule has 0 unspecified atom stereocenters. The van der Waals surface area contributed by atoms with Gasteiger partial charge in [0.1, 0.15) is 20.8 Å². The maximum Gasteiger partial charge on any atom is 1.00 e. The fourth-order valence-corrected chi connectivity index (χ4v) is 4.13. The fourth-order valence-electron chi connectivity index (χ4n) is 2.69. The van der Waals surface area contributed by atoms with Gasteiger partial charge in [0.2, 0.25) is 10.0 Å². The zero-order valence-electron chi connectivity index (χ0n) is 16.2. The van der Waals surface area contributed by atoms with Crippen LogP contribution in [0.2, 0.25) is 0 Å². The van der Waals surface area contributed by atoms with Gasteiger partial charge in [-0.3, -0.25) is 0 Å². The van der Waals surface area contributed by atoms with E-state index in [1.807, 2.05) is 19.1 Å². The van der Waals surface area contributed by atoms with Crippen LogP contribution in [0.5, 0.6) is 0 Å². The van der Waals surface area contributed by atoms with Gasteiger partial charge in [0.25, 0.3) is 0 Å². The van der Waals surface area contributed by atoms with Crippen LogP contribution in [0.25, 0.3) is 0 Å². The Labute approximate surface area is 196 Å². The number of hydrogen-bond donors (Lipinski definition) is 3. The summed E-state index contributed by atoms with van der Waals surface area (Å²) >= 11 is 0. The van der Waals surface area contributed by atoms with Gasteiger partial charge in [-0.2, -0.15) is 0 Å². The number of furan rings is 1. The molecule has 3 aromatic rings. The first kappa shape index (κ1) is 24.4. The van der Waals surface area contributed by atoms with Crippen molar-refractivity contribution in [3.05, 3.63) is 66.1 Å². The summed E-state index contributed by atoms with van der Waals surface area (Å²) in [6, 6.07) is 12.4. The van der Waals surface area contributed by atoms with E-state index < -0.39 is 29.9 Å². The number of sulfonamides is 1. The molecule has 0 aliphatic rings. The van der Waals surface area contributed by atoms with E-state index in [2.05, 4.69) is 10.6 Å². The van der Waals surface area contributed by atoms with Gasteiger partial charge in [0.15, 0.2) is 0 Å². The van der Waals surface area contributed by atoms with Gasteiger partial charge >= 0.3 is 29.6 Å². The summed E-state index contributed by atoms with van der Waals surface area (Å²) in [6.07, 6.45) is 1.44. The minimum Gasteiger partial charge on any atom is -0.744 e. The van der Waals surface area contributed by atoms with E-state index in [1.54, 1.807) is 24.3 Å². The Morgan fingerprint density at radius 1 is 0.967 bits per heavy atom. The largest absolute Gasteiger partial charge is 1.00 e. The molecule has 0 spiro atoms. The third-order valence-corrected chi connectivity index (χ3v) is 5.93. The summed E-state index contributed by atoms with van der Waals surface area (Å²) in [5, 5.41) is 11.0. The number of benzene rings is 2. The molecule has 12 heteroatoms. The first-order chi connectivity index (χ1) is 13.6. The van der Waals surface area contributed by atoms with Crippen LogP contribution in [-0.2, 0) is 26.7 Å². The normalized spacial score (nSPS) is 11.6. The Balaban J connectivity index is 0.00000320. The molecular weight excluding hydrogens is 441 g/mol. The molecule has 0 aliphatic carbocycles. The molecule has 0 aliphatic heterocycles. The van der Waals surface area contributed by atoms with Gasteiger partial charge in [-0.1, -0.05) is 18.2 Å². The van der Waals surface area contributed by atoms with Gasteiger partial charge in [-0.25, -0.2) is 22.0 Å². The van der Waals surface area contributed by atoms with Crippen LogP contribution in [-0.4, -0.2) is 21.4 Å². The van der Waals surface area contributed by atoms with Crippen LogP contribution >= 0.6 is 0 Å². The van der Waals surface area contributed by atoms with Gasteiger partial charge in [-0.15, -0.1) is 0 Å². The molecular formula is C18H18N3NaO6S2. The molecule has 9 nitrogen and oxygen atoms in total. The van der Waals surface area contributed by atoms with Crippen molar-refractivity contribution < 1.29 is 55.4 Å². The number of anilines is 3. The molecule has 154 valence electrons. The Bertz CT molecular complexity index is 1240. The number of para-hydroxylation sites is 1. The number of rotatable bonds is 7. The molecule has 0 amide bonds. The summed E-state index contributed by atoms with van der Waals surface area (Å²) in [4.78, 5) is -1.25. The molecule has 1 aromatic heterocycles. The maximum absolute atomic E-state index is 12.1. The predicted molar refractivity (Wildman–Crippen MR) is 106 cm³/mol. The Morgan fingerprint density at radius 3 is 2.23 bits per heavy atom. The third kappa shape index (κ3) is 5.85. The smallest absolute Gasteiger partial charge is 0.744 e. The molecule has 0 saturated heterocycles. The SMILES string of the molecule is Cc1ccccc1Nc1cc(NCc2ccco2)c(S(=O)(=O)[O-])cc1S(N)(=O)=O.[Na+]. The summed E-state index contributed by atoms with van der Waals surface area (Å²) in [6.45, 7) is 1.89. The fraction of sp³-hybridized carbons (Fsp3) is 0.111. The molecule has 0 bridgehead atoms. The molecule has 0 saturated carbocycles. The van der Waals surface area contributed by atoms with Crippen LogP contribution < -0.4 is 45.3 Å². The second kappa shape index (κ2) is 9.52. The molecule has 3 rings (SSSR count). The molecule has 1 heterocycles. The van der Waals surface area contributed by atoms with E-state index in [1.165, 1.54) is 12.3 Å². The number of aryl methyl sites for hydroxylation is 1. The molecule has 30 heavy (non-hydrogen) atoms. The van der Waals surface area contributed by atoms with Gasteiger partial charge in [0.05, 0.1) is 29.1 Å². The van der Waals surface area contributed by atoms with Crippen molar-refractivity contribution in [2.45, 2.75) is 23.3 Å². The van der Waals surface area contributed by atoms with E-state index in [0.29, 0.717) is 11.4 Å². The van der Waals surface area contributed by atoms with Crippen molar-refractivity contribution in [2.75, 3.05) is 10.6 Å². The minimum absolute atomic E-state index is 0. The van der Waals surface area contributed by atoms with Gasteiger partial charge < -0.3 is 19.6 Å². The second-order valence-corrected chi connectivity index (χ2v) is 9.09. The molecule has 4 N–H and O–H groups in total. The van der Waals surface area contributed by atoms with Crippen LogP contribution in [0, 0.1) is 6.92 Å². The number of nitrogens with one attached hydrogen (secondary N) is 2. The Morgan fingerprint density at radius 2 is 1.67 bits per heavy atom. The average Bonchev–Trinajstić information content (AvgIpc) is 3.13. The van der Waals surface area contributed by atoms with E-state index in [0.717, 1.165) is 11.6 Å². The Kier molecular flexibility index (Phi) is 7.74. The quantitative estimate of drug-likeness (QED) is 0.316. The standard InChI is InChI=1S/C18H19N3O6S2.Na/c1-12-5-2-3-7-14(12)21-16-9-15(20-11-13-6-4-8-27-13)18(29(24,25)26)10-17(16)28(19,22)23;/h2-10,20-21H,11H2,1H3,(H2,19,22,23)(H,24,25,26);/q;+1/p-1. The molecule has 0 radical (unpaired) electrons. The predicted octanol–water partition coefficient (Wildman–Crippen LogP) is -0.501. The summed E-state index contributed by atoms with van der Waals surface area (Å²) in [7, 11) is -9.33. The Hall–Kier alpha value is -1.86. The minimum atomic E-state index is -5.00. The zero-order chi connectivity index (χ0) is 21.2. The maximum atomic E-state index is 12.1. The van der Waals surface area contributed by atoms with E-state index in [4.69, 9.17) is 9.56 Å². The summed E-state index contributed by atoms with van der Waals surface area (Å²) in [5.41, 5.74) is 1.35. The first-order valence-corrected chi connectivity index (χ1v) is 11.3. The van der Waals surface area contributed by atoms with E-state index in [9.17, 15) is 21.4 Å². The van der Waals surface area contributed by atoms with E-state index in [-0.39, 0.29) is 47.5 Å². The van der Waals surface area contributed by atoms with Crippen molar-refractivity contribution in [3.63, 3.8) is 0 Å². The topological polar surface area (TPSA) is 155 Å². The van der Waals surface area contributed by atoms with Crippen molar-refractivity contribution in [2.24, 2.45) is 5.14 Å². The van der Waals surface area contributed by atoms with Crippen molar-refractivity contribution >= 4 is 37.2 Å². The van der Waals surface area contributed by atoms with Gasteiger partial charge in [0, 0.05) is 5.69 Å². The number of primary sulfonamides is 1. The monoisotopic (exact) mass is 459 g/mol. The van der Waals surface area contributed by atoms with Crippen LogP contribution in [0.4, 0.5) is 17.1 Å². The van der Waals surface area contributed by atoms with Gasteiger partial charge in [-0.05, 0) is 42.8 Å². The van der Waals surface area contributed by atoms with Crippen LogP contribution in [0.3, 0.4) is 0 Å². The van der Waals surface area contributed by atoms with Crippen molar-refractivity contribution in [1.29, 1.82) is 0 Å². The number of hydrogen-bond acceptors (Lipinski definition) is 8.